The summed E-state index contributed by atoms with van der Waals surface area (Å²) in [5.41, 5.74) is 2.52. The second-order valence-electron chi connectivity index (χ2n) is 5.16. The molecule has 0 spiro atoms. The van der Waals surface area contributed by atoms with E-state index in [0.717, 1.165) is 17.9 Å². The molecule has 2 aromatic rings. The maximum Gasteiger partial charge on any atom is 0.224 e. The van der Waals surface area contributed by atoms with E-state index >= 15 is 0 Å². The number of nitrogens with one attached hydrogen (secondary N) is 1. The fourth-order valence-electron chi connectivity index (χ4n) is 2.12. The summed E-state index contributed by atoms with van der Waals surface area (Å²) in [5, 5.41) is 3.55. The van der Waals surface area contributed by atoms with Gasteiger partial charge in [0.2, 0.25) is 5.91 Å². The minimum absolute atomic E-state index is 0.0147. The number of amides is 1. The Morgan fingerprint density at radius 2 is 1.64 bits per heavy atom. The van der Waals surface area contributed by atoms with Crippen LogP contribution in [0.25, 0.3) is 0 Å². The normalized spacial score (nSPS) is 10.3. The van der Waals surface area contributed by atoms with E-state index in [9.17, 15) is 9.59 Å². The molecule has 22 heavy (non-hydrogen) atoms. The van der Waals surface area contributed by atoms with Gasteiger partial charge in [0.05, 0.1) is 0 Å². The molecule has 1 N–H and O–H groups in total. The number of halogens is 1. The first-order chi connectivity index (χ1) is 10.5. The van der Waals surface area contributed by atoms with Gasteiger partial charge >= 0.3 is 0 Å². The van der Waals surface area contributed by atoms with Crippen LogP contribution < -0.4 is 5.32 Å². The van der Waals surface area contributed by atoms with E-state index in [1.807, 2.05) is 24.3 Å². The molecule has 1 amide bonds. The highest BCUT2D eigenvalue weighted by molar-refractivity contribution is 6.30. The number of hydrogen-bond acceptors (Lipinski definition) is 2. The maximum absolute atomic E-state index is 11.9. The van der Waals surface area contributed by atoms with Gasteiger partial charge < -0.3 is 5.32 Å². The van der Waals surface area contributed by atoms with Gasteiger partial charge in [0.15, 0.2) is 5.78 Å². The Balaban J connectivity index is 1.77. The lowest BCUT2D eigenvalue weighted by atomic mass is 10.1. The zero-order valence-corrected chi connectivity index (χ0v) is 13.2. The lowest BCUT2D eigenvalue weighted by molar-refractivity contribution is -0.116. The summed E-state index contributed by atoms with van der Waals surface area (Å²) in [6.07, 6.45) is 2.07. The van der Waals surface area contributed by atoms with Crippen LogP contribution in [0.4, 0.5) is 5.69 Å². The van der Waals surface area contributed by atoms with Crippen molar-refractivity contribution >= 4 is 29.0 Å². The molecular formula is C18H18ClNO2. The van der Waals surface area contributed by atoms with Crippen molar-refractivity contribution in [1.82, 2.24) is 0 Å². The molecule has 0 aliphatic heterocycles. The highest BCUT2D eigenvalue weighted by atomic mass is 35.5. The molecule has 0 saturated carbocycles. The van der Waals surface area contributed by atoms with E-state index in [-0.39, 0.29) is 11.7 Å². The third-order valence-electron chi connectivity index (χ3n) is 3.36. The number of rotatable bonds is 6. The minimum atomic E-state index is -0.0236. The summed E-state index contributed by atoms with van der Waals surface area (Å²) in [5.74, 6) is -0.00891. The molecule has 2 aromatic carbocycles. The summed E-state index contributed by atoms with van der Waals surface area (Å²) in [6, 6.07) is 14.6. The molecule has 0 aliphatic carbocycles. The first kappa shape index (κ1) is 16.2. The number of benzene rings is 2. The van der Waals surface area contributed by atoms with E-state index in [1.54, 1.807) is 24.3 Å². The maximum atomic E-state index is 11.9. The molecule has 114 valence electrons. The topological polar surface area (TPSA) is 46.2 Å². The van der Waals surface area contributed by atoms with Gasteiger partial charge in [0.1, 0.15) is 0 Å². The van der Waals surface area contributed by atoms with E-state index in [0.29, 0.717) is 17.7 Å². The largest absolute Gasteiger partial charge is 0.326 e. The fraction of sp³-hybridized carbons (Fsp3) is 0.222. The van der Waals surface area contributed by atoms with Crippen LogP contribution >= 0.6 is 11.6 Å². The molecule has 0 unspecified atom stereocenters. The van der Waals surface area contributed by atoms with Crippen LogP contribution in [0, 0.1) is 0 Å². The van der Waals surface area contributed by atoms with E-state index < -0.39 is 0 Å². The fourth-order valence-corrected chi connectivity index (χ4v) is 2.24. The van der Waals surface area contributed by atoms with Crippen molar-refractivity contribution in [2.45, 2.75) is 26.2 Å². The standard InChI is InChI=1S/C18H18ClNO2/c1-13(21)15-7-11-17(12-8-15)20-18(22)4-2-3-14-5-9-16(19)10-6-14/h5-12H,2-4H2,1H3,(H,20,22). The van der Waals surface area contributed by atoms with Gasteiger partial charge in [0.25, 0.3) is 0 Å². The van der Waals surface area contributed by atoms with Crippen molar-refractivity contribution in [3.05, 3.63) is 64.7 Å². The van der Waals surface area contributed by atoms with Gasteiger partial charge in [-0.05, 0) is 61.7 Å². The minimum Gasteiger partial charge on any atom is -0.326 e. The second kappa shape index (κ2) is 7.76. The Morgan fingerprint density at radius 1 is 1.00 bits per heavy atom. The van der Waals surface area contributed by atoms with Crippen LogP contribution in [0.2, 0.25) is 5.02 Å². The van der Waals surface area contributed by atoms with Gasteiger partial charge in [-0.15, -0.1) is 0 Å². The zero-order valence-electron chi connectivity index (χ0n) is 12.4. The third kappa shape index (κ3) is 5.01. The summed E-state index contributed by atoms with van der Waals surface area (Å²) in [6.45, 7) is 1.52. The van der Waals surface area contributed by atoms with Crippen molar-refractivity contribution in [2.24, 2.45) is 0 Å². The second-order valence-corrected chi connectivity index (χ2v) is 5.60. The number of Topliss-reactive ketones (excluding diaryl/α,β-unsaturated/α-hetero) is 1. The molecule has 4 heteroatoms. The van der Waals surface area contributed by atoms with Crippen LogP contribution in [0.5, 0.6) is 0 Å². The Morgan fingerprint density at radius 3 is 2.23 bits per heavy atom. The molecule has 0 radical (unpaired) electrons. The zero-order chi connectivity index (χ0) is 15.9. The van der Waals surface area contributed by atoms with E-state index in [2.05, 4.69) is 5.32 Å². The van der Waals surface area contributed by atoms with Crippen LogP contribution in [-0.2, 0) is 11.2 Å². The van der Waals surface area contributed by atoms with E-state index in [1.165, 1.54) is 12.5 Å². The van der Waals surface area contributed by atoms with Gasteiger partial charge in [-0.1, -0.05) is 23.7 Å². The molecule has 0 aromatic heterocycles. The summed E-state index contributed by atoms with van der Waals surface area (Å²) >= 11 is 5.83. The molecule has 0 atom stereocenters. The number of anilines is 1. The highest BCUT2D eigenvalue weighted by Crippen LogP contribution is 2.13. The molecule has 0 aliphatic rings. The Kier molecular flexibility index (Phi) is 5.73. The van der Waals surface area contributed by atoms with Crippen molar-refractivity contribution in [3.8, 4) is 0 Å². The summed E-state index contributed by atoms with van der Waals surface area (Å²) < 4.78 is 0. The molecule has 0 heterocycles. The third-order valence-corrected chi connectivity index (χ3v) is 3.61. The SMILES string of the molecule is CC(=O)c1ccc(NC(=O)CCCc2ccc(Cl)cc2)cc1. The predicted molar refractivity (Wildman–Crippen MR) is 89.5 cm³/mol. The van der Waals surface area contributed by atoms with Crippen molar-refractivity contribution < 1.29 is 9.59 Å². The first-order valence-corrected chi connectivity index (χ1v) is 7.58. The number of carbonyl (C=O) groups is 2. The van der Waals surface area contributed by atoms with Gasteiger partial charge in [0, 0.05) is 22.7 Å². The summed E-state index contributed by atoms with van der Waals surface area (Å²) in [7, 11) is 0. The highest BCUT2D eigenvalue weighted by Gasteiger charge is 2.04. The van der Waals surface area contributed by atoms with Crippen LogP contribution in [0.15, 0.2) is 48.5 Å². The Labute approximate surface area is 135 Å². The molecule has 0 fully saturated rings. The van der Waals surface area contributed by atoms with Crippen LogP contribution in [-0.4, -0.2) is 11.7 Å². The smallest absolute Gasteiger partial charge is 0.224 e. The number of ketones is 1. The van der Waals surface area contributed by atoms with Gasteiger partial charge in [-0.3, -0.25) is 9.59 Å². The Hall–Kier alpha value is -2.13. The van der Waals surface area contributed by atoms with Crippen molar-refractivity contribution in [1.29, 1.82) is 0 Å². The molecular weight excluding hydrogens is 298 g/mol. The molecule has 0 saturated heterocycles. The van der Waals surface area contributed by atoms with Gasteiger partial charge in [-0.25, -0.2) is 0 Å². The number of aryl methyl sites for hydroxylation is 1. The average Bonchev–Trinajstić information content (AvgIpc) is 2.50. The van der Waals surface area contributed by atoms with Crippen LogP contribution in [0.1, 0.15) is 35.7 Å². The van der Waals surface area contributed by atoms with E-state index in [4.69, 9.17) is 11.6 Å². The number of carbonyl (C=O) groups excluding carboxylic acids is 2. The average molecular weight is 316 g/mol. The lowest BCUT2D eigenvalue weighted by Gasteiger charge is -2.06. The molecule has 2 rings (SSSR count). The first-order valence-electron chi connectivity index (χ1n) is 7.20. The van der Waals surface area contributed by atoms with Crippen molar-refractivity contribution in [2.75, 3.05) is 5.32 Å². The molecule has 3 nitrogen and oxygen atoms in total. The van der Waals surface area contributed by atoms with Gasteiger partial charge in [-0.2, -0.15) is 0 Å². The van der Waals surface area contributed by atoms with Crippen molar-refractivity contribution in [3.63, 3.8) is 0 Å². The summed E-state index contributed by atoms with van der Waals surface area (Å²) in [4.78, 5) is 23.1. The lowest BCUT2D eigenvalue weighted by Crippen LogP contribution is -2.11. The Bertz CT molecular complexity index is 648. The van der Waals surface area contributed by atoms with Crippen LogP contribution in [0.3, 0.4) is 0 Å². The number of hydrogen-bond donors (Lipinski definition) is 1. The molecule has 0 bridgehead atoms. The predicted octanol–water partition coefficient (Wildman–Crippen LogP) is 4.50. The monoisotopic (exact) mass is 315 g/mol. The quantitative estimate of drug-likeness (QED) is 0.797.